The van der Waals surface area contributed by atoms with Gasteiger partial charge in [-0.1, -0.05) is 42.5 Å². The summed E-state index contributed by atoms with van der Waals surface area (Å²) >= 11 is 0. The second-order valence-electron chi connectivity index (χ2n) is 7.67. The minimum absolute atomic E-state index is 0.0782. The maximum Gasteiger partial charge on any atom is 0.231 e. The highest BCUT2D eigenvalue weighted by Gasteiger charge is 2.45. The van der Waals surface area contributed by atoms with E-state index < -0.39 is 5.41 Å². The smallest absolute Gasteiger partial charge is 0.231 e. The Morgan fingerprint density at radius 3 is 2.52 bits per heavy atom. The molecule has 144 valence electrons. The lowest BCUT2D eigenvalue weighted by Crippen LogP contribution is -2.37. The van der Waals surface area contributed by atoms with Crippen LogP contribution in [0.4, 0.5) is 0 Å². The number of nitrogens with one attached hydrogen (secondary N) is 2. The molecule has 29 heavy (non-hydrogen) atoms. The molecule has 1 aliphatic rings. The molecule has 5 nitrogen and oxygen atoms in total. The van der Waals surface area contributed by atoms with Gasteiger partial charge in [0, 0.05) is 25.4 Å². The highest BCUT2D eigenvalue weighted by molar-refractivity contribution is 5.95. The van der Waals surface area contributed by atoms with Gasteiger partial charge in [-0.05, 0) is 47.7 Å². The number of carbonyl (C=O) groups is 1. The number of hydrogen-bond donors (Lipinski definition) is 2. The summed E-state index contributed by atoms with van der Waals surface area (Å²) in [5, 5.41) is 3.05. The molecule has 1 unspecified atom stereocenters. The molecule has 0 saturated carbocycles. The van der Waals surface area contributed by atoms with Crippen molar-refractivity contribution in [1.29, 1.82) is 0 Å². The average molecular weight is 382 g/mol. The van der Waals surface area contributed by atoms with E-state index in [1.807, 2.05) is 42.5 Å². The molecular weight excluding hydrogens is 360 g/mol. The highest BCUT2D eigenvalue weighted by Crippen LogP contribution is 2.38. The molecule has 2 aromatic heterocycles. The molecule has 1 aliphatic heterocycles. The van der Waals surface area contributed by atoms with Crippen molar-refractivity contribution in [3.63, 3.8) is 0 Å². The van der Waals surface area contributed by atoms with Crippen molar-refractivity contribution in [1.82, 2.24) is 20.3 Å². The molecule has 5 rings (SSSR count). The lowest BCUT2D eigenvalue weighted by molar-refractivity contribution is -0.123. The first-order chi connectivity index (χ1) is 14.2. The number of rotatable bonds is 5. The molecule has 0 bridgehead atoms. The number of aromatic nitrogens is 3. The molecule has 5 heteroatoms. The summed E-state index contributed by atoms with van der Waals surface area (Å²) in [6.07, 6.45) is 5.69. The van der Waals surface area contributed by atoms with Crippen LogP contribution < -0.4 is 5.32 Å². The first-order valence-corrected chi connectivity index (χ1v) is 9.94. The molecule has 2 N–H and O–H groups in total. The summed E-state index contributed by atoms with van der Waals surface area (Å²) in [4.78, 5) is 25.6. The van der Waals surface area contributed by atoms with Crippen molar-refractivity contribution in [2.45, 2.75) is 24.7 Å². The van der Waals surface area contributed by atoms with E-state index in [2.05, 4.69) is 33.5 Å². The topological polar surface area (TPSA) is 70.7 Å². The number of carbonyl (C=O) groups excluding carboxylic acids is 1. The number of para-hydroxylation sites is 1. The summed E-state index contributed by atoms with van der Waals surface area (Å²) < 4.78 is 0. The number of benzene rings is 2. The van der Waals surface area contributed by atoms with Gasteiger partial charge < -0.3 is 10.3 Å². The molecule has 3 heterocycles. The number of H-pyrrole nitrogens is 1. The van der Waals surface area contributed by atoms with Crippen LogP contribution in [0.1, 0.15) is 28.9 Å². The highest BCUT2D eigenvalue weighted by atomic mass is 16.2. The van der Waals surface area contributed by atoms with E-state index in [9.17, 15) is 4.79 Å². The van der Waals surface area contributed by atoms with E-state index in [0.29, 0.717) is 13.0 Å². The molecule has 0 radical (unpaired) electrons. The van der Waals surface area contributed by atoms with Crippen LogP contribution in [0.2, 0.25) is 0 Å². The third kappa shape index (κ3) is 3.18. The third-order valence-electron chi connectivity index (χ3n) is 5.82. The fourth-order valence-electron chi connectivity index (χ4n) is 4.38. The molecule has 4 aromatic rings. The normalized spacial score (nSPS) is 18.8. The lowest BCUT2D eigenvalue weighted by atomic mass is 9.74. The van der Waals surface area contributed by atoms with Gasteiger partial charge in [-0.25, -0.2) is 4.98 Å². The zero-order chi connectivity index (χ0) is 19.7. The number of pyridine rings is 1. The summed E-state index contributed by atoms with van der Waals surface area (Å²) in [5.41, 5.74) is 4.57. The standard InChI is InChI=1S/C24H22N4O/c29-23-24(11-14-26-23,16-18-9-12-25-13-10-18)19-7-4-8-20-22(19)28-21(27-20)15-17-5-2-1-3-6-17/h1-10,12-13H,11,14-16H2,(H,26,29)(H,27,28). The molecule has 1 saturated heterocycles. The monoisotopic (exact) mass is 382 g/mol. The number of hydrogen-bond acceptors (Lipinski definition) is 3. The van der Waals surface area contributed by atoms with Gasteiger partial charge in [0.05, 0.1) is 16.4 Å². The fraction of sp³-hybridized carbons (Fsp3) is 0.208. The summed E-state index contributed by atoms with van der Waals surface area (Å²) in [7, 11) is 0. The van der Waals surface area contributed by atoms with E-state index in [-0.39, 0.29) is 5.91 Å². The zero-order valence-electron chi connectivity index (χ0n) is 16.1. The van der Waals surface area contributed by atoms with E-state index in [1.165, 1.54) is 5.56 Å². The Balaban J connectivity index is 1.59. The molecule has 2 aromatic carbocycles. The van der Waals surface area contributed by atoms with Crippen molar-refractivity contribution in [2.24, 2.45) is 0 Å². The molecular formula is C24H22N4O. The molecule has 1 amide bonds. The maximum atomic E-state index is 13.1. The van der Waals surface area contributed by atoms with Gasteiger partial charge in [0.25, 0.3) is 0 Å². The van der Waals surface area contributed by atoms with Crippen LogP contribution in [-0.2, 0) is 23.1 Å². The quantitative estimate of drug-likeness (QED) is 0.555. The first kappa shape index (κ1) is 17.6. The van der Waals surface area contributed by atoms with Crippen molar-refractivity contribution < 1.29 is 4.79 Å². The number of amides is 1. The summed E-state index contributed by atoms with van der Waals surface area (Å²) in [6.45, 7) is 0.682. The Morgan fingerprint density at radius 2 is 1.76 bits per heavy atom. The molecule has 1 fully saturated rings. The lowest BCUT2D eigenvalue weighted by Gasteiger charge is -2.27. The Morgan fingerprint density at radius 1 is 0.931 bits per heavy atom. The van der Waals surface area contributed by atoms with E-state index in [1.54, 1.807) is 12.4 Å². The van der Waals surface area contributed by atoms with Gasteiger partial charge in [0.1, 0.15) is 5.82 Å². The van der Waals surface area contributed by atoms with Gasteiger partial charge >= 0.3 is 0 Å². The summed E-state index contributed by atoms with van der Waals surface area (Å²) in [6, 6.07) is 20.4. The van der Waals surface area contributed by atoms with Crippen LogP contribution >= 0.6 is 0 Å². The number of fused-ring (bicyclic) bond motifs is 1. The Hall–Kier alpha value is -3.47. The third-order valence-corrected chi connectivity index (χ3v) is 5.82. The minimum Gasteiger partial charge on any atom is -0.355 e. The van der Waals surface area contributed by atoms with Crippen LogP contribution in [0, 0.1) is 0 Å². The Labute approximate surface area is 169 Å². The van der Waals surface area contributed by atoms with Gasteiger partial charge in [-0.3, -0.25) is 9.78 Å². The first-order valence-electron chi connectivity index (χ1n) is 9.94. The number of imidazole rings is 1. The number of nitrogens with zero attached hydrogens (tertiary/aromatic N) is 2. The number of aromatic amines is 1. The van der Waals surface area contributed by atoms with Crippen molar-refractivity contribution in [3.8, 4) is 0 Å². The second kappa shape index (κ2) is 7.17. The SMILES string of the molecule is O=C1NCCC1(Cc1ccncc1)c1cccc2[nH]c(Cc3ccccc3)nc12. The molecule has 0 spiro atoms. The van der Waals surface area contributed by atoms with Crippen molar-refractivity contribution >= 4 is 16.9 Å². The van der Waals surface area contributed by atoms with E-state index in [4.69, 9.17) is 4.98 Å². The van der Waals surface area contributed by atoms with Crippen molar-refractivity contribution in [3.05, 3.63) is 95.6 Å². The van der Waals surface area contributed by atoms with Gasteiger partial charge in [0.15, 0.2) is 0 Å². The van der Waals surface area contributed by atoms with E-state index >= 15 is 0 Å². The van der Waals surface area contributed by atoms with Crippen LogP contribution in [0.25, 0.3) is 11.0 Å². The average Bonchev–Trinajstić information content (AvgIpc) is 3.33. The largest absolute Gasteiger partial charge is 0.355 e. The minimum atomic E-state index is -0.611. The second-order valence-corrected chi connectivity index (χ2v) is 7.67. The van der Waals surface area contributed by atoms with E-state index in [0.717, 1.165) is 40.8 Å². The van der Waals surface area contributed by atoms with Gasteiger partial charge in [0.2, 0.25) is 5.91 Å². The van der Waals surface area contributed by atoms with Crippen LogP contribution in [-0.4, -0.2) is 27.4 Å². The van der Waals surface area contributed by atoms with Crippen LogP contribution in [0.15, 0.2) is 73.1 Å². The maximum absolute atomic E-state index is 13.1. The predicted molar refractivity (Wildman–Crippen MR) is 113 cm³/mol. The van der Waals surface area contributed by atoms with Crippen molar-refractivity contribution in [2.75, 3.05) is 6.54 Å². The van der Waals surface area contributed by atoms with Gasteiger partial charge in [-0.2, -0.15) is 0 Å². The fourth-order valence-corrected chi connectivity index (χ4v) is 4.38. The van der Waals surface area contributed by atoms with Crippen LogP contribution in [0.3, 0.4) is 0 Å². The van der Waals surface area contributed by atoms with Crippen LogP contribution in [0.5, 0.6) is 0 Å². The molecule has 0 aliphatic carbocycles. The Bertz CT molecular complexity index is 1150. The molecule has 1 atom stereocenters. The summed E-state index contributed by atoms with van der Waals surface area (Å²) in [5.74, 6) is 0.991. The predicted octanol–water partition coefficient (Wildman–Crippen LogP) is 3.55. The zero-order valence-corrected chi connectivity index (χ0v) is 16.1. The van der Waals surface area contributed by atoms with Gasteiger partial charge in [-0.15, -0.1) is 0 Å². The Kier molecular flexibility index (Phi) is 4.35.